The molecule has 0 aliphatic heterocycles. The van der Waals surface area contributed by atoms with E-state index in [1.807, 2.05) is 36.0 Å². The van der Waals surface area contributed by atoms with Crippen LogP contribution >= 0.6 is 0 Å². The molecule has 2 aromatic rings. The maximum Gasteiger partial charge on any atom is 0.123 e. The van der Waals surface area contributed by atoms with Crippen molar-refractivity contribution in [3.63, 3.8) is 0 Å². The number of nitrogens with zero attached hydrogens (tertiary/aromatic N) is 1. The van der Waals surface area contributed by atoms with Gasteiger partial charge in [0.1, 0.15) is 5.82 Å². The van der Waals surface area contributed by atoms with Gasteiger partial charge in [-0.15, -0.1) is 0 Å². The molecule has 1 N–H and O–H groups in total. The van der Waals surface area contributed by atoms with E-state index >= 15 is 0 Å². The number of rotatable bonds is 4. The molecule has 1 aromatic carbocycles. The number of aliphatic hydroxyl groups excluding tert-OH is 1. The second-order valence-corrected chi connectivity index (χ2v) is 4.17. The monoisotopic (exact) mass is 233 g/mol. The topological polar surface area (TPSA) is 25.2 Å². The highest BCUT2D eigenvalue weighted by Crippen LogP contribution is 2.17. The number of halogens is 1. The van der Waals surface area contributed by atoms with Crippen molar-refractivity contribution >= 4 is 0 Å². The molecule has 2 nitrogen and oxygen atoms in total. The predicted molar refractivity (Wildman–Crippen MR) is 65.2 cm³/mol. The largest absolute Gasteiger partial charge is 0.388 e. The Morgan fingerprint density at radius 3 is 2.88 bits per heavy atom. The highest BCUT2D eigenvalue weighted by atomic mass is 19.1. The van der Waals surface area contributed by atoms with E-state index < -0.39 is 6.10 Å². The van der Waals surface area contributed by atoms with E-state index in [0.717, 1.165) is 11.1 Å². The second-order valence-electron chi connectivity index (χ2n) is 4.17. The van der Waals surface area contributed by atoms with Crippen LogP contribution in [0.2, 0.25) is 0 Å². The van der Waals surface area contributed by atoms with Gasteiger partial charge < -0.3 is 9.67 Å². The van der Waals surface area contributed by atoms with Gasteiger partial charge in [0.15, 0.2) is 0 Å². The van der Waals surface area contributed by atoms with Crippen LogP contribution in [0.15, 0.2) is 42.7 Å². The third-order valence-electron chi connectivity index (χ3n) is 2.80. The van der Waals surface area contributed by atoms with E-state index in [1.165, 1.54) is 12.1 Å². The van der Waals surface area contributed by atoms with Crippen molar-refractivity contribution in [2.75, 3.05) is 0 Å². The number of hydrogen-bond donors (Lipinski definition) is 1. The van der Waals surface area contributed by atoms with Crippen LogP contribution in [-0.2, 0) is 6.54 Å². The fourth-order valence-corrected chi connectivity index (χ4v) is 1.84. The molecule has 0 radical (unpaired) electrons. The summed E-state index contributed by atoms with van der Waals surface area (Å²) in [7, 11) is 0. The lowest BCUT2D eigenvalue weighted by molar-refractivity contribution is 0.173. The zero-order valence-electron chi connectivity index (χ0n) is 9.81. The molecule has 1 unspecified atom stereocenters. The minimum Gasteiger partial charge on any atom is -0.388 e. The lowest BCUT2D eigenvalue weighted by Crippen LogP contribution is -1.98. The molecule has 0 amide bonds. The average molecular weight is 233 g/mol. The molecule has 0 aliphatic carbocycles. The minimum absolute atomic E-state index is 0.219. The summed E-state index contributed by atoms with van der Waals surface area (Å²) in [6.45, 7) is 2.56. The first kappa shape index (κ1) is 11.9. The Labute approximate surface area is 100 Å². The molecular weight excluding hydrogens is 217 g/mol. The van der Waals surface area contributed by atoms with Crippen LogP contribution in [-0.4, -0.2) is 9.67 Å². The second kappa shape index (κ2) is 5.15. The summed E-state index contributed by atoms with van der Waals surface area (Å²) in [5.74, 6) is -0.219. The standard InChI is InChI=1S/C14H16FNO/c1-2-14(17)12-6-7-16(10-12)9-11-4-3-5-13(15)8-11/h3-8,10,14,17H,2,9H2,1H3. The van der Waals surface area contributed by atoms with Crippen molar-refractivity contribution in [1.29, 1.82) is 0 Å². The Bertz CT molecular complexity index is 492. The highest BCUT2D eigenvalue weighted by Gasteiger charge is 2.06. The van der Waals surface area contributed by atoms with Crippen LogP contribution in [0.5, 0.6) is 0 Å². The van der Waals surface area contributed by atoms with Crippen molar-refractivity contribution in [3.8, 4) is 0 Å². The maximum absolute atomic E-state index is 13.0. The quantitative estimate of drug-likeness (QED) is 0.862. The Hall–Kier alpha value is -1.61. The summed E-state index contributed by atoms with van der Waals surface area (Å²) < 4.78 is 15.0. The van der Waals surface area contributed by atoms with E-state index in [4.69, 9.17) is 0 Å². The molecule has 0 spiro atoms. The van der Waals surface area contributed by atoms with Gasteiger partial charge in [0.25, 0.3) is 0 Å². The van der Waals surface area contributed by atoms with E-state index in [2.05, 4.69) is 0 Å². The van der Waals surface area contributed by atoms with Crippen molar-refractivity contribution in [3.05, 3.63) is 59.7 Å². The van der Waals surface area contributed by atoms with Crippen molar-refractivity contribution in [1.82, 2.24) is 4.57 Å². The first-order chi connectivity index (χ1) is 8.19. The summed E-state index contributed by atoms with van der Waals surface area (Å²) in [5.41, 5.74) is 1.82. The third-order valence-corrected chi connectivity index (χ3v) is 2.80. The van der Waals surface area contributed by atoms with Crippen LogP contribution in [0.4, 0.5) is 4.39 Å². The maximum atomic E-state index is 13.0. The first-order valence-electron chi connectivity index (χ1n) is 5.77. The van der Waals surface area contributed by atoms with E-state index in [9.17, 15) is 9.50 Å². The summed E-state index contributed by atoms with van der Waals surface area (Å²) in [4.78, 5) is 0. The van der Waals surface area contributed by atoms with Gasteiger partial charge in [-0.2, -0.15) is 0 Å². The van der Waals surface area contributed by atoms with E-state index in [-0.39, 0.29) is 5.82 Å². The first-order valence-corrected chi connectivity index (χ1v) is 5.77. The fourth-order valence-electron chi connectivity index (χ4n) is 1.84. The molecule has 0 aliphatic rings. The van der Waals surface area contributed by atoms with Crippen LogP contribution < -0.4 is 0 Å². The molecule has 0 bridgehead atoms. The van der Waals surface area contributed by atoms with E-state index in [0.29, 0.717) is 13.0 Å². The number of benzene rings is 1. The van der Waals surface area contributed by atoms with Gasteiger partial charge in [0.05, 0.1) is 6.10 Å². The molecule has 1 heterocycles. The number of aliphatic hydroxyl groups is 1. The summed E-state index contributed by atoms with van der Waals surface area (Å²) in [6.07, 6.45) is 4.09. The SMILES string of the molecule is CCC(O)c1ccn(Cc2cccc(F)c2)c1. The highest BCUT2D eigenvalue weighted by molar-refractivity contribution is 5.19. The number of aromatic nitrogens is 1. The molecule has 0 saturated carbocycles. The molecule has 90 valence electrons. The average Bonchev–Trinajstić information content (AvgIpc) is 2.76. The summed E-state index contributed by atoms with van der Waals surface area (Å²) in [5, 5.41) is 9.68. The third kappa shape index (κ3) is 2.94. The van der Waals surface area contributed by atoms with Crippen molar-refractivity contribution in [2.45, 2.75) is 26.0 Å². The van der Waals surface area contributed by atoms with E-state index in [1.54, 1.807) is 6.07 Å². The molecular formula is C14H16FNO. The van der Waals surface area contributed by atoms with Crippen LogP contribution in [0.3, 0.4) is 0 Å². The Balaban J connectivity index is 2.11. The lowest BCUT2D eigenvalue weighted by Gasteiger charge is -2.05. The summed E-state index contributed by atoms with van der Waals surface area (Å²) in [6, 6.07) is 8.45. The molecule has 3 heteroatoms. The molecule has 2 rings (SSSR count). The fraction of sp³-hybridized carbons (Fsp3) is 0.286. The lowest BCUT2D eigenvalue weighted by atomic mass is 10.1. The zero-order chi connectivity index (χ0) is 12.3. The van der Waals surface area contributed by atoms with Gasteiger partial charge in [0, 0.05) is 18.9 Å². The molecule has 0 fully saturated rings. The van der Waals surface area contributed by atoms with Gasteiger partial charge >= 0.3 is 0 Å². The van der Waals surface area contributed by atoms with Gasteiger partial charge in [-0.25, -0.2) is 4.39 Å². The predicted octanol–water partition coefficient (Wildman–Crippen LogP) is 3.12. The van der Waals surface area contributed by atoms with Crippen molar-refractivity contribution in [2.24, 2.45) is 0 Å². The zero-order valence-corrected chi connectivity index (χ0v) is 9.81. The van der Waals surface area contributed by atoms with Gasteiger partial charge in [-0.1, -0.05) is 19.1 Å². The Morgan fingerprint density at radius 2 is 2.18 bits per heavy atom. The summed E-state index contributed by atoms with van der Waals surface area (Å²) >= 11 is 0. The minimum atomic E-state index is -0.413. The molecule has 0 saturated heterocycles. The Morgan fingerprint density at radius 1 is 1.35 bits per heavy atom. The van der Waals surface area contributed by atoms with Crippen LogP contribution in [0.25, 0.3) is 0 Å². The molecule has 1 aromatic heterocycles. The molecule has 17 heavy (non-hydrogen) atoms. The van der Waals surface area contributed by atoms with Gasteiger partial charge in [-0.05, 0) is 35.7 Å². The van der Waals surface area contributed by atoms with Crippen LogP contribution in [0.1, 0.15) is 30.6 Å². The van der Waals surface area contributed by atoms with Gasteiger partial charge in [0.2, 0.25) is 0 Å². The van der Waals surface area contributed by atoms with Gasteiger partial charge in [-0.3, -0.25) is 0 Å². The molecule has 1 atom stereocenters. The van der Waals surface area contributed by atoms with Crippen molar-refractivity contribution < 1.29 is 9.50 Å². The number of hydrogen-bond acceptors (Lipinski definition) is 1. The van der Waals surface area contributed by atoms with Crippen LogP contribution in [0, 0.1) is 5.82 Å². The Kier molecular flexibility index (Phi) is 3.59. The normalized spacial score (nSPS) is 12.6. The smallest absolute Gasteiger partial charge is 0.123 e.